The number of amides is 1. The Labute approximate surface area is 258 Å². The van der Waals surface area contributed by atoms with Crippen LogP contribution < -0.4 is 10.5 Å². The van der Waals surface area contributed by atoms with E-state index in [0.29, 0.717) is 24.5 Å². The minimum atomic E-state index is 0.0138. The van der Waals surface area contributed by atoms with Crippen molar-refractivity contribution in [3.8, 4) is 28.2 Å². The van der Waals surface area contributed by atoms with Crippen LogP contribution in [-0.2, 0) is 4.79 Å². The summed E-state index contributed by atoms with van der Waals surface area (Å²) in [4.78, 5) is 19.3. The molecular weight excluding hydrogens is 572 g/mol. The van der Waals surface area contributed by atoms with Crippen LogP contribution in [0, 0.1) is 0 Å². The molecule has 7 rings (SSSR count). The highest BCUT2D eigenvalue weighted by molar-refractivity contribution is 7.13. The largest absolute Gasteiger partial charge is 0.491 e. The van der Waals surface area contributed by atoms with Crippen LogP contribution in [0.25, 0.3) is 49.6 Å². The first-order valence-electron chi connectivity index (χ1n) is 14.7. The number of furan rings is 1. The predicted octanol–water partition coefficient (Wildman–Crippen LogP) is 7.21. The van der Waals surface area contributed by atoms with Crippen LogP contribution in [-0.4, -0.2) is 49.1 Å². The molecule has 222 valence electrons. The van der Waals surface area contributed by atoms with E-state index in [2.05, 4.69) is 15.6 Å². The number of pyridine rings is 1. The number of fused-ring (bicyclic) bond motifs is 2. The number of rotatable bonds is 7. The molecule has 2 N–H and O–H groups in total. The molecule has 44 heavy (non-hydrogen) atoms. The maximum atomic E-state index is 12.9. The molecule has 10 heteroatoms. The lowest BCUT2D eigenvalue weighted by atomic mass is 10.0. The molecule has 0 spiro atoms. The molecule has 6 aromatic rings. The number of carbonyl (C=O) groups excluding carboxylic acids is 1. The molecule has 0 atom stereocenters. The molecule has 9 nitrogen and oxygen atoms in total. The molecule has 1 saturated heterocycles. The van der Waals surface area contributed by atoms with E-state index in [0.717, 1.165) is 62.1 Å². The molecule has 0 unspecified atom stereocenters. The fourth-order valence-corrected chi connectivity index (χ4v) is 6.52. The highest BCUT2D eigenvalue weighted by Gasteiger charge is 2.24. The highest BCUT2D eigenvalue weighted by atomic mass is 32.1. The number of benzene rings is 2. The molecule has 1 aliphatic heterocycles. The molecule has 2 aromatic carbocycles. The van der Waals surface area contributed by atoms with Gasteiger partial charge in [-0.15, -0.1) is 0 Å². The normalized spacial score (nSPS) is 14.4. The van der Waals surface area contributed by atoms with E-state index in [4.69, 9.17) is 20.0 Å². The summed E-state index contributed by atoms with van der Waals surface area (Å²) >= 11 is 1.44. The van der Waals surface area contributed by atoms with Crippen molar-refractivity contribution in [1.29, 1.82) is 0 Å². The van der Waals surface area contributed by atoms with Crippen LogP contribution in [0.2, 0.25) is 0 Å². The third kappa shape index (κ3) is 5.44. The smallest absolute Gasteiger partial charge is 0.246 e. The molecule has 0 saturated carbocycles. The number of nitrogens with two attached hydrogens (primary N) is 1. The number of nitrogens with zero attached hydrogens (tertiary/aromatic N) is 5. The third-order valence-electron chi connectivity index (χ3n) is 7.95. The quantitative estimate of drug-likeness (QED) is 0.192. The molecular formula is C34H32N6O3S. The van der Waals surface area contributed by atoms with E-state index >= 15 is 0 Å². The molecule has 1 fully saturated rings. The summed E-state index contributed by atoms with van der Waals surface area (Å²) in [6.45, 7) is 5.33. The van der Waals surface area contributed by atoms with Crippen LogP contribution >= 0.6 is 11.5 Å². The van der Waals surface area contributed by atoms with Crippen LogP contribution in [0.1, 0.15) is 38.3 Å². The molecule has 0 aliphatic carbocycles. The summed E-state index contributed by atoms with van der Waals surface area (Å²) in [7, 11) is 0. The van der Waals surface area contributed by atoms with Crippen molar-refractivity contribution in [3.63, 3.8) is 0 Å². The van der Waals surface area contributed by atoms with E-state index in [1.165, 1.54) is 11.5 Å². The minimum Gasteiger partial charge on any atom is -0.491 e. The van der Waals surface area contributed by atoms with Gasteiger partial charge in [0.2, 0.25) is 5.91 Å². The fraction of sp³-hybridized carbons (Fsp3) is 0.235. The lowest BCUT2D eigenvalue weighted by Crippen LogP contribution is -2.38. The van der Waals surface area contributed by atoms with Gasteiger partial charge in [0.15, 0.2) is 11.4 Å². The number of likely N-dealkylation sites (tertiary alicyclic amines) is 1. The fourth-order valence-electron chi connectivity index (χ4n) is 5.76. The second-order valence-corrected chi connectivity index (χ2v) is 12.1. The van der Waals surface area contributed by atoms with Gasteiger partial charge in [-0.05, 0) is 74.1 Å². The summed E-state index contributed by atoms with van der Waals surface area (Å²) < 4.78 is 19.4. The van der Waals surface area contributed by atoms with E-state index < -0.39 is 0 Å². The second-order valence-electron chi connectivity index (χ2n) is 11.3. The van der Waals surface area contributed by atoms with Crippen LogP contribution in [0.15, 0.2) is 83.8 Å². The lowest BCUT2D eigenvalue weighted by molar-refractivity contribution is -0.127. The van der Waals surface area contributed by atoms with Gasteiger partial charge >= 0.3 is 0 Å². The Morgan fingerprint density at radius 1 is 1.09 bits per heavy atom. The third-order valence-corrected chi connectivity index (χ3v) is 8.79. The topological polar surface area (TPSA) is 112 Å². The average molecular weight is 605 g/mol. The molecule has 4 aromatic heterocycles. The summed E-state index contributed by atoms with van der Waals surface area (Å²) in [6.07, 6.45) is 12.8. The van der Waals surface area contributed by atoms with Gasteiger partial charge in [-0.1, -0.05) is 24.3 Å². The van der Waals surface area contributed by atoms with Crippen molar-refractivity contribution in [1.82, 2.24) is 24.0 Å². The number of hydrogen-bond donors (Lipinski definition) is 1. The van der Waals surface area contributed by atoms with E-state index in [1.54, 1.807) is 12.3 Å². The average Bonchev–Trinajstić information content (AvgIpc) is 3.80. The van der Waals surface area contributed by atoms with Crippen LogP contribution in [0.5, 0.6) is 5.75 Å². The van der Waals surface area contributed by atoms with Crippen LogP contribution in [0.3, 0.4) is 0 Å². The molecule has 0 bridgehead atoms. The Bertz CT molecular complexity index is 2000. The van der Waals surface area contributed by atoms with Gasteiger partial charge in [0, 0.05) is 65.2 Å². The van der Waals surface area contributed by atoms with Crippen molar-refractivity contribution < 1.29 is 13.9 Å². The first-order valence-corrected chi connectivity index (χ1v) is 15.5. The summed E-state index contributed by atoms with van der Waals surface area (Å²) in [5.74, 6) is 1.89. The van der Waals surface area contributed by atoms with Gasteiger partial charge < -0.3 is 19.8 Å². The number of carbonyl (C=O) groups is 1. The van der Waals surface area contributed by atoms with Crippen molar-refractivity contribution in [2.24, 2.45) is 0 Å². The monoisotopic (exact) mass is 604 g/mol. The number of ether oxygens (including phenoxy) is 1. The first-order chi connectivity index (χ1) is 21.4. The first kappa shape index (κ1) is 27.8. The van der Waals surface area contributed by atoms with Gasteiger partial charge in [-0.3, -0.25) is 9.48 Å². The molecule has 0 radical (unpaired) electrons. The second kappa shape index (κ2) is 11.6. The van der Waals surface area contributed by atoms with Gasteiger partial charge in [0.25, 0.3) is 0 Å². The minimum absolute atomic E-state index is 0.0138. The standard InChI is InChI=1S/C34H32N6O3S/c1-21(2)42-26-7-3-5-22(15-26)9-10-31(41)39-13-11-25(12-14-39)40-20-24(17-37-40)29-19-36-34(35)32-28(29)16-30(43-32)27-8-4-6-23-18-38-44-33(23)27/h3-10,15-21,25H,11-14H2,1-2H3,(H2,35,36)/b10-9+. The Morgan fingerprint density at radius 2 is 1.93 bits per heavy atom. The van der Waals surface area contributed by atoms with Gasteiger partial charge in [0.05, 0.1) is 23.0 Å². The number of piperidine rings is 1. The van der Waals surface area contributed by atoms with E-state index in [1.807, 2.05) is 90.4 Å². The summed E-state index contributed by atoms with van der Waals surface area (Å²) in [6, 6.07) is 16.1. The number of nitrogen functional groups attached to an aromatic ring is 1. The van der Waals surface area contributed by atoms with E-state index in [9.17, 15) is 4.79 Å². The zero-order chi connectivity index (χ0) is 30.2. The van der Waals surface area contributed by atoms with E-state index in [-0.39, 0.29) is 18.1 Å². The van der Waals surface area contributed by atoms with Crippen molar-refractivity contribution in [2.75, 3.05) is 18.8 Å². The Hall–Kier alpha value is -4.96. The molecule has 5 heterocycles. The Kier molecular flexibility index (Phi) is 7.35. The Morgan fingerprint density at radius 3 is 2.77 bits per heavy atom. The van der Waals surface area contributed by atoms with Crippen LogP contribution in [0.4, 0.5) is 5.82 Å². The lowest BCUT2D eigenvalue weighted by Gasteiger charge is -2.31. The maximum Gasteiger partial charge on any atom is 0.246 e. The summed E-state index contributed by atoms with van der Waals surface area (Å²) in [5, 5.41) is 6.68. The number of hydrogen-bond acceptors (Lipinski definition) is 8. The zero-order valence-electron chi connectivity index (χ0n) is 24.5. The van der Waals surface area contributed by atoms with Crippen molar-refractivity contribution in [2.45, 2.75) is 38.8 Å². The zero-order valence-corrected chi connectivity index (χ0v) is 25.3. The number of aromatic nitrogens is 4. The SMILES string of the molecule is CC(C)Oc1cccc(/C=C/C(=O)N2CCC(n3cc(-c4cnc(N)c5oc(-c6cccc7cnsc67)cc45)cn3)CC2)c1. The molecule has 1 aliphatic rings. The molecule has 1 amide bonds. The van der Waals surface area contributed by atoms with Gasteiger partial charge in [-0.25, -0.2) is 4.98 Å². The van der Waals surface area contributed by atoms with Gasteiger partial charge in [0.1, 0.15) is 11.5 Å². The van der Waals surface area contributed by atoms with Crippen molar-refractivity contribution in [3.05, 3.63) is 85.0 Å². The van der Waals surface area contributed by atoms with Crippen molar-refractivity contribution >= 4 is 50.4 Å². The highest BCUT2D eigenvalue weighted by Crippen LogP contribution is 2.39. The number of anilines is 1. The predicted molar refractivity (Wildman–Crippen MR) is 174 cm³/mol. The Balaban J connectivity index is 1.05. The van der Waals surface area contributed by atoms with Gasteiger partial charge in [-0.2, -0.15) is 9.47 Å². The maximum absolute atomic E-state index is 12.9. The summed E-state index contributed by atoms with van der Waals surface area (Å²) in [5.41, 5.74) is 10.6.